The lowest BCUT2D eigenvalue weighted by Gasteiger charge is -2.13. The van der Waals surface area contributed by atoms with Crippen molar-refractivity contribution < 1.29 is 8.42 Å². The van der Waals surface area contributed by atoms with Crippen molar-refractivity contribution in [3.63, 3.8) is 0 Å². The first kappa shape index (κ1) is 12.6. The van der Waals surface area contributed by atoms with Crippen molar-refractivity contribution in [3.8, 4) is 0 Å². The van der Waals surface area contributed by atoms with Gasteiger partial charge in [-0.05, 0) is 18.5 Å². The van der Waals surface area contributed by atoms with Gasteiger partial charge in [0.2, 0.25) is 10.0 Å². The molecule has 0 aliphatic rings. The summed E-state index contributed by atoms with van der Waals surface area (Å²) in [6, 6.07) is 3.24. The Morgan fingerprint density at radius 1 is 1.60 bits per heavy atom. The van der Waals surface area contributed by atoms with Crippen LogP contribution in [0, 0.1) is 0 Å². The Balaban J connectivity index is 2.59. The van der Waals surface area contributed by atoms with Crippen molar-refractivity contribution in [2.24, 2.45) is 5.73 Å². The summed E-state index contributed by atoms with van der Waals surface area (Å²) in [6.45, 7) is 0.691. The van der Waals surface area contributed by atoms with Crippen LogP contribution in [0.25, 0.3) is 0 Å². The molecule has 0 saturated carbocycles. The molecule has 86 valence electrons. The number of likely N-dealkylation sites (N-methyl/N-ethyl adjacent to an activating group) is 1. The van der Waals surface area contributed by atoms with Crippen LogP contribution in [-0.4, -0.2) is 34.6 Å². The quantitative estimate of drug-likeness (QED) is 0.639. The number of hydrogen-bond donors (Lipinski definition) is 3. The summed E-state index contributed by atoms with van der Waals surface area (Å²) < 4.78 is 26.2. The smallest absolute Gasteiger partial charge is 0.250 e. The van der Waals surface area contributed by atoms with E-state index in [1.54, 1.807) is 24.6 Å². The molecular formula is C8H15N3O2S2. The van der Waals surface area contributed by atoms with Crippen molar-refractivity contribution in [1.29, 1.82) is 0 Å². The van der Waals surface area contributed by atoms with Crippen LogP contribution in [0.4, 0.5) is 0 Å². The van der Waals surface area contributed by atoms with Gasteiger partial charge in [0.05, 0.1) is 0 Å². The maximum absolute atomic E-state index is 11.7. The Hall–Kier alpha value is -0.470. The summed E-state index contributed by atoms with van der Waals surface area (Å²) in [6.07, 6.45) is 0. The monoisotopic (exact) mass is 249 g/mol. The number of nitrogens with one attached hydrogen (secondary N) is 2. The summed E-state index contributed by atoms with van der Waals surface area (Å²) in [5.41, 5.74) is 5.44. The summed E-state index contributed by atoms with van der Waals surface area (Å²) in [4.78, 5) is 0. The zero-order valence-electron chi connectivity index (χ0n) is 8.43. The molecule has 0 radical (unpaired) electrons. The normalized spacial score (nSPS) is 14.0. The Kier molecular flexibility index (Phi) is 4.68. The highest BCUT2D eigenvalue weighted by Crippen LogP contribution is 2.14. The topological polar surface area (TPSA) is 84.2 Å². The van der Waals surface area contributed by atoms with Crippen molar-refractivity contribution in [2.75, 3.05) is 20.1 Å². The molecule has 1 heterocycles. The third kappa shape index (κ3) is 3.54. The van der Waals surface area contributed by atoms with Gasteiger partial charge < -0.3 is 11.1 Å². The predicted octanol–water partition coefficient (Wildman–Crippen LogP) is -0.427. The molecule has 5 nitrogen and oxygen atoms in total. The minimum Gasteiger partial charge on any atom is -0.329 e. The Morgan fingerprint density at radius 3 is 2.80 bits per heavy atom. The van der Waals surface area contributed by atoms with E-state index in [2.05, 4.69) is 10.0 Å². The molecule has 0 aliphatic heterocycles. The maximum atomic E-state index is 11.7. The molecule has 0 saturated heterocycles. The molecule has 7 heteroatoms. The van der Waals surface area contributed by atoms with Crippen LogP contribution in [0.5, 0.6) is 0 Å². The highest BCUT2D eigenvalue weighted by molar-refractivity contribution is 7.91. The molecule has 0 aliphatic carbocycles. The Bertz CT molecular complexity index is 371. The molecule has 15 heavy (non-hydrogen) atoms. The van der Waals surface area contributed by atoms with Crippen LogP contribution in [0.3, 0.4) is 0 Å². The summed E-state index contributed by atoms with van der Waals surface area (Å²) in [7, 11) is -1.61. The lowest BCUT2D eigenvalue weighted by Crippen LogP contribution is -2.43. The van der Waals surface area contributed by atoms with E-state index in [1.807, 2.05) is 0 Å². The average Bonchev–Trinajstić information content (AvgIpc) is 2.72. The number of nitrogens with two attached hydrogens (primary N) is 1. The van der Waals surface area contributed by atoms with Crippen LogP contribution < -0.4 is 15.8 Å². The molecule has 1 aromatic rings. The SMILES string of the molecule is CNC(CN)CNS(=O)(=O)c1cccs1. The zero-order valence-corrected chi connectivity index (χ0v) is 10.1. The highest BCUT2D eigenvalue weighted by atomic mass is 32.2. The second-order valence-corrected chi connectivity index (χ2v) is 5.95. The van der Waals surface area contributed by atoms with E-state index >= 15 is 0 Å². The second-order valence-electron chi connectivity index (χ2n) is 3.01. The van der Waals surface area contributed by atoms with Crippen LogP contribution in [0.1, 0.15) is 0 Å². The van der Waals surface area contributed by atoms with E-state index < -0.39 is 10.0 Å². The molecule has 4 N–H and O–H groups in total. The van der Waals surface area contributed by atoms with Crippen molar-refractivity contribution in [2.45, 2.75) is 10.3 Å². The van der Waals surface area contributed by atoms with Gasteiger partial charge in [-0.25, -0.2) is 13.1 Å². The lowest BCUT2D eigenvalue weighted by molar-refractivity contribution is 0.538. The van der Waals surface area contributed by atoms with Gasteiger partial charge in [0.1, 0.15) is 4.21 Å². The molecule has 0 aromatic carbocycles. The van der Waals surface area contributed by atoms with E-state index in [9.17, 15) is 8.42 Å². The fraction of sp³-hybridized carbons (Fsp3) is 0.500. The van der Waals surface area contributed by atoms with Crippen molar-refractivity contribution in [1.82, 2.24) is 10.0 Å². The van der Waals surface area contributed by atoms with Gasteiger partial charge in [0.25, 0.3) is 0 Å². The summed E-state index contributed by atoms with van der Waals surface area (Å²) in [5, 5.41) is 4.65. The molecule has 0 spiro atoms. The molecule has 1 rings (SSSR count). The number of thiophene rings is 1. The van der Waals surface area contributed by atoms with Gasteiger partial charge >= 0.3 is 0 Å². The molecule has 1 aromatic heterocycles. The fourth-order valence-electron chi connectivity index (χ4n) is 1.00. The van der Waals surface area contributed by atoms with E-state index in [4.69, 9.17) is 5.73 Å². The van der Waals surface area contributed by atoms with Gasteiger partial charge in [0.15, 0.2) is 0 Å². The van der Waals surface area contributed by atoms with Gasteiger partial charge in [-0.2, -0.15) is 0 Å². The molecule has 0 fully saturated rings. The molecule has 0 amide bonds. The van der Waals surface area contributed by atoms with E-state index in [0.29, 0.717) is 17.3 Å². The fourth-order valence-corrected chi connectivity index (χ4v) is 3.12. The first-order chi connectivity index (χ1) is 7.10. The van der Waals surface area contributed by atoms with Gasteiger partial charge in [-0.3, -0.25) is 0 Å². The molecule has 1 unspecified atom stereocenters. The van der Waals surface area contributed by atoms with E-state index in [-0.39, 0.29) is 6.04 Å². The summed E-state index contributed by atoms with van der Waals surface area (Å²) in [5.74, 6) is 0. The lowest BCUT2D eigenvalue weighted by atomic mass is 10.3. The van der Waals surface area contributed by atoms with E-state index in [1.165, 1.54) is 11.3 Å². The first-order valence-electron chi connectivity index (χ1n) is 4.50. The molecular weight excluding hydrogens is 234 g/mol. The standard InChI is InChI=1S/C8H15N3O2S2/c1-10-7(5-9)6-11-15(12,13)8-3-2-4-14-8/h2-4,7,10-11H,5-6,9H2,1H3. The van der Waals surface area contributed by atoms with Crippen LogP contribution in [-0.2, 0) is 10.0 Å². The maximum Gasteiger partial charge on any atom is 0.250 e. The predicted molar refractivity (Wildman–Crippen MR) is 61.4 cm³/mol. The first-order valence-corrected chi connectivity index (χ1v) is 6.87. The van der Waals surface area contributed by atoms with Gasteiger partial charge in [-0.1, -0.05) is 6.07 Å². The minimum atomic E-state index is -3.36. The largest absolute Gasteiger partial charge is 0.329 e. The van der Waals surface area contributed by atoms with Gasteiger partial charge in [0, 0.05) is 19.1 Å². The minimum absolute atomic E-state index is 0.0419. The Morgan fingerprint density at radius 2 is 2.33 bits per heavy atom. The van der Waals surface area contributed by atoms with Crippen LogP contribution >= 0.6 is 11.3 Å². The van der Waals surface area contributed by atoms with Crippen molar-refractivity contribution >= 4 is 21.4 Å². The number of rotatable bonds is 6. The molecule has 0 bridgehead atoms. The third-order valence-electron chi connectivity index (χ3n) is 1.97. The summed E-state index contributed by atoms with van der Waals surface area (Å²) >= 11 is 1.19. The zero-order chi connectivity index (χ0) is 11.3. The number of hydrogen-bond acceptors (Lipinski definition) is 5. The van der Waals surface area contributed by atoms with Crippen LogP contribution in [0.2, 0.25) is 0 Å². The van der Waals surface area contributed by atoms with Crippen molar-refractivity contribution in [3.05, 3.63) is 17.5 Å². The third-order valence-corrected chi connectivity index (χ3v) is 4.79. The number of sulfonamides is 1. The van der Waals surface area contributed by atoms with E-state index in [0.717, 1.165) is 0 Å². The highest BCUT2D eigenvalue weighted by Gasteiger charge is 2.16. The molecule has 1 atom stereocenters. The second kappa shape index (κ2) is 5.57. The Labute approximate surface area is 93.7 Å². The average molecular weight is 249 g/mol. The van der Waals surface area contributed by atoms with Crippen LogP contribution in [0.15, 0.2) is 21.7 Å². The van der Waals surface area contributed by atoms with Gasteiger partial charge in [-0.15, -0.1) is 11.3 Å².